The number of hydrogen-bond acceptors (Lipinski definition) is 2. The topological polar surface area (TPSA) is 35.2 Å². The lowest BCUT2D eigenvalue weighted by Crippen LogP contribution is -2.06. The number of hydrogen-bond donors (Lipinski definition) is 1. The lowest BCUT2D eigenvalue weighted by Gasteiger charge is -2.10. The molecule has 1 aromatic rings. The highest BCUT2D eigenvalue weighted by atomic mass is 16.5. The summed E-state index contributed by atoms with van der Waals surface area (Å²) in [5.74, 6) is 1.01. The normalized spacial score (nSPS) is 10.3. The minimum atomic E-state index is 0.688. The summed E-state index contributed by atoms with van der Waals surface area (Å²) in [5.41, 5.74) is 7.98. The van der Waals surface area contributed by atoms with Crippen molar-refractivity contribution in [3.63, 3.8) is 0 Å². The number of rotatable bonds is 6. The molecule has 0 saturated heterocycles. The molecule has 0 atom stereocenters. The van der Waals surface area contributed by atoms with E-state index in [1.54, 1.807) is 0 Å². The Hall–Kier alpha value is -1.02. The summed E-state index contributed by atoms with van der Waals surface area (Å²) in [4.78, 5) is 0. The van der Waals surface area contributed by atoms with E-state index in [4.69, 9.17) is 10.5 Å². The molecular weight excluding hydrogens is 186 g/mol. The Labute approximate surface area is 92.4 Å². The van der Waals surface area contributed by atoms with Gasteiger partial charge >= 0.3 is 0 Å². The van der Waals surface area contributed by atoms with Crippen molar-refractivity contribution in [1.82, 2.24) is 0 Å². The number of benzene rings is 1. The molecule has 0 amide bonds. The van der Waals surface area contributed by atoms with Gasteiger partial charge in [0.2, 0.25) is 0 Å². The van der Waals surface area contributed by atoms with Gasteiger partial charge < -0.3 is 10.5 Å². The molecule has 1 aromatic carbocycles. The Morgan fingerprint density at radius 3 is 2.80 bits per heavy atom. The Morgan fingerprint density at radius 1 is 1.33 bits per heavy atom. The molecule has 2 N–H and O–H groups in total. The van der Waals surface area contributed by atoms with Crippen LogP contribution in [0.3, 0.4) is 0 Å². The first-order chi connectivity index (χ1) is 7.27. The summed E-state index contributed by atoms with van der Waals surface area (Å²) in [7, 11) is 0. The molecule has 2 nitrogen and oxygen atoms in total. The van der Waals surface area contributed by atoms with Crippen LogP contribution in [0.1, 0.15) is 30.9 Å². The number of nitrogens with two attached hydrogens (primary N) is 1. The quantitative estimate of drug-likeness (QED) is 0.728. The summed E-state index contributed by atoms with van der Waals surface area (Å²) < 4.78 is 5.68. The van der Waals surface area contributed by atoms with Crippen LogP contribution in [0, 0.1) is 6.92 Å². The molecule has 0 aliphatic carbocycles. The Kier molecular flexibility index (Phi) is 5.19. The fourth-order valence-corrected chi connectivity index (χ4v) is 1.51. The summed E-state index contributed by atoms with van der Waals surface area (Å²) in [6, 6.07) is 6.45. The molecule has 0 unspecified atom stereocenters. The van der Waals surface area contributed by atoms with Crippen molar-refractivity contribution < 1.29 is 4.74 Å². The van der Waals surface area contributed by atoms with Crippen molar-refractivity contribution in [1.29, 1.82) is 0 Å². The first-order valence-corrected chi connectivity index (χ1v) is 5.70. The molecule has 0 heterocycles. The van der Waals surface area contributed by atoms with Crippen molar-refractivity contribution in [2.45, 2.75) is 33.1 Å². The average Bonchev–Trinajstić information content (AvgIpc) is 2.23. The SMILES string of the molecule is CCCc1ccc(C)c(OCCCN)c1. The Bertz CT molecular complexity index is 297. The molecule has 0 radical (unpaired) electrons. The van der Waals surface area contributed by atoms with Gasteiger partial charge in [0.15, 0.2) is 0 Å². The molecule has 84 valence electrons. The molecule has 0 saturated carbocycles. The summed E-state index contributed by atoms with van der Waals surface area (Å²) in [6.07, 6.45) is 3.20. The van der Waals surface area contributed by atoms with E-state index >= 15 is 0 Å². The van der Waals surface area contributed by atoms with Gasteiger partial charge in [0.25, 0.3) is 0 Å². The monoisotopic (exact) mass is 207 g/mol. The van der Waals surface area contributed by atoms with Gasteiger partial charge in [0, 0.05) is 0 Å². The standard InChI is InChI=1S/C13H21NO/c1-3-5-12-7-6-11(2)13(10-12)15-9-4-8-14/h6-7,10H,3-5,8-9,14H2,1-2H3. The van der Waals surface area contributed by atoms with Gasteiger partial charge in [-0.2, -0.15) is 0 Å². The molecule has 0 fully saturated rings. The third-order valence-electron chi connectivity index (χ3n) is 2.40. The van der Waals surface area contributed by atoms with Crippen molar-refractivity contribution in [3.05, 3.63) is 29.3 Å². The van der Waals surface area contributed by atoms with E-state index in [2.05, 4.69) is 32.0 Å². The maximum atomic E-state index is 5.68. The van der Waals surface area contributed by atoms with Gasteiger partial charge in [0.05, 0.1) is 6.61 Å². The summed E-state index contributed by atoms with van der Waals surface area (Å²) in [5, 5.41) is 0. The number of ether oxygens (including phenoxy) is 1. The summed E-state index contributed by atoms with van der Waals surface area (Å²) in [6.45, 7) is 5.67. The van der Waals surface area contributed by atoms with Crippen LogP contribution < -0.4 is 10.5 Å². The molecule has 2 heteroatoms. The van der Waals surface area contributed by atoms with Gasteiger partial charge in [-0.05, 0) is 43.5 Å². The van der Waals surface area contributed by atoms with E-state index in [0.717, 1.165) is 18.6 Å². The van der Waals surface area contributed by atoms with Crippen LogP contribution in [-0.4, -0.2) is 13.2 Å². The lowest BCUT2D eigenvalue weighted by molar-refractivity contribution is 0.311. The van der Waals surface area contributed by atoms with E-state index in [0.29, 0.717) is 13.2 Å². The predicted octanol–water partition coefficient (Wildman–Crippen LogP) is 2.68. The van der Waals surface area contributed by atoms with Crippen molar-refractivity contribution in [3.8, 4) is 5.75 Å². The maximum Gasteiger partial charge on any atom is 0.122 e. The smallest absolute Gasteiger partial charge is 0.122 e. The molecule has 0 aliphatic rings. The highest BCUT2D eigenvalue weighted by Crippen LogP contribution is 2.20. The van der Waals surface area contributed by atoms with Crippen LogP contribution in [-0.2, 0) is 6.42 Å². The van der Waals surface area contributed by atoms with Crippen LogP contribution in [0.25, 0.3) is 0 Å². The first-order valence-electron chi connectivity index (χ1n) is 5.70. The van der Waals surface area contributed by atoms with Crippen LogP contribution in [0.15, 0.2) is 18.2 Å². The van der Waals surface area contributed by atoms with E-state index in [-0.39, 0.29) is 0 Å². The minimum Gasteiger partial charge on any atom is -0.493 e. The van der Waals surface area contributed by atoms with E-state index in [1.165, 1.54) is 17.5 Å². The van der Waals surface area contributed by atoms with Gasteiger partial charge in [-0.25, -0.2) is 0 Å². The molecular formula is C13H21NO. The lowest BCUT2D eigenvalue weighted by atomic mass is 10.1. The second kappa shape index (κ2) is 6.46. The highest BCUT2D eigenvalue weighted by Gasteiger charge is 2.00. The molecule has 0 bridgehead atoms. The van der Waals surface area contributed by atoms with Crippen LogP contribution in [0.2, 0.25) is 0 Å². The Balaban J connectivity index is 2.63. The second-order valence-corrected chi connectivity index (χ2v) is 3.84. The van der Waals surface area contributed by atoms with E-state index in [9.17, 15) is 0 Å². The zero-order valence-corrected chi connectivity index (χ0v) is 9.75. The van der Waals surface area contributed by atoms with Gasteiger partial charge in [-0.3, -0.25) is 0 Å². The number of aryl methyl sites for hydroxylation is 2. The predicted molar refractivity (Wildman–Crippen MR) is 64.3 cm³/mol. The zero-order chi connectivity index (χ0) is 11.1. The fourth-order valence-electron chi connectivity index (χ4n) is 1.51. The molecule has 0 aromatic heterocycles. The van der Waals surface area contributed by atoms with Crippen LogP contribution >= 0.6 is 0 Å². The third-order valence-corrected chi connectivity index (χ3v) is 2.40. The second-order valence-electron chi connectivity index (χ2n) is 3.84. The zero-order valence-electron chi connectivity index (χ0n) is 9.75. The molecule has 1 rings (SSSR count). The van der Waals surface area contributed by atoms with Crippen molar-refractivity contribution in [2.75, 3.05) is 13.2 Å². The molecule has 0 aliphatic heterocycles. The highest BCUT2D eigenvalue weighted by molar-refractivity contribution is 5.36. The third kappa shape index (κ3) is 3.92. The maximum absolute atomic E-state index is 5.68. The van der Waals surface area contributed by atoms with E-state index < -0.39 is 0 Å². The minimum absolute atomic E-state index is 0.688. The molecule has 0 spiro atoms. The molecule has 15 heavy (non-hydrogen) atoms. The van der Waals surface area contributed by atoms with Gasteiger partial charge in [-0.15, -0.1) is 0 Å². The summed E-state index contributed by atoms with van der Waals surface area (Å²) >= 11 is 0. The Morgan fingerprint density at radius 2 is 2.13 bits per heavy atom. The fraction of sp³-hybridized carbons (Fsp3) is 0.538. The van der Waals surface area contributed by atoms with Gasteiger partial charge in [-0.1, -0.05) is 25.5 Å². The van der Waals surface area contributed by atoms with Crippen LogP contribution in [0.4, 0.5) is 0 Å². The first kappa shape index (κ1) is 12.1. The average molecular weight is 207 g/mol. The van der Waals surface area contributed by atoms with Crippen molar-refractivity contribution in [2.24, 2.45) is 5.73 Å². The van der Waals surface area contributed by atoms with Gasteiger partial charge in [0.1, 0.15) is 5.75 Å². The van der Waals surface area contributed by atoms with Crippen molar-refractivity contribution >= 4 is 0 Å². The van der Waals surface area contributed by atoms with Crippen LogP contribution in [0.5, 0.6) is 5.75 Å². The van der Waals surface area contributed by atoms with E-state index in [1.807, 2.05) is 0 Å². The largest absolute Gasteiger partial charge is 0.493 e.